The van der Waals surface area contributed by atoms with Crippen LogP contribution in [0.3, 0.4) is 0 Å². The summed E-state index contributed by atoms with van der Waals surface area (Å²) in [6.45, 7) is 3.43. The summed E-state index contributed by atoms with van der Waals surface area (Å²) in [6, 6.07) is 7.99. The number of hydroxylamine groups is 2. The fraction of sp³-hybridized carbons (Fsp3) is 0.474. The molecule has 1 aromatic carbocycles. The summed E-state index contributed by atoms with van der Waals surface area (Å²) in [6.07, 6.45) is 1.08. The van der Waals surface area contributed by atoms with Crippen molar-refractivity contribution in [2.75, 3.05) is 6.61 Å². The monoisotopic (exact) mass is 376 g/mol. The zero-order valence-corrected chi connectivity index (χ0v) is 15.5. The second kappa shape index (κ2) is 9.82. The molecular formula is C19H24N2O6. The molecule has 1 fully saturated rings. The molecule has 2 amide bonds. The minimum Gasteiger partial charge on any atom is -0.465 e. The average Bonchev–Trinajstić information content (AvgIpc) is 2.97. The number of esters is 1. The quantitative estimate of drug-likeness (QED) is 0.509. The van der Waals surface area contributed by atoms with Crippen molar-refractivity contribution in [1.29, 1.82) is 0 Å². The molecule has 0 bridgehead atoms. The van der Waals surface area contributed by atoms with Gasteiger partial charge in [-0.2, -0.15) is 0 Å². The number of ether oxygens (including phenoxy) is 1. The van der Waals surface area contributed by atoms with Gasteiger partial charge in [0.05, 0.1) is 6.61 Å². The summed E-state index contributed by atoms with van der Waals surface area (Å²) in [5.74, 6) is -2.38. The van der Waals surface area contributed by atoms with Gasteiger partial charge in [0.1, 0.15) is 12.1 Å². The van der Waals surface area contributed by atoms with E-state index in [1.807, 2.05) is 30.3 Å². The van der Waals surface area contributed by atoms with E-state index in [-0.39, 0.29) is 19.4 Å². The lowest BCUT2D eigenvalue weighted by Crippen LogP contribution is -2.48. The number of benzene rings is 1. The molecule has 1 aliphatic heterocycles. The highest BCUT2D eigenvalue weighted by Gasteiger charge is 2.35. The maximum atomic E-state index is 12.2. The second-order valence-electron chi connectivity index (χ2n) is 6.21. The topological polar surface area (TPSA) is 102 Å². The van der Waals surface area contributed by atoms with Crippen LogP contribution in [0, 0.1) is 0 Å². The highest BCUT2D eigenvalue weighted by Crippen LogP contribution is 2.13. The van der Waals surface area contributed by atoms with Crippen molar-refractivity contribution in [2.45, 2.75) is 51.6 Å². The summed E-state index contributed by atoms with van der Waals surface area (Å²) in [4.78, 5) is 52.4. The molecule has 27 heavy (non-hydrogen) atoms. The highest BCUT2D eigenvalue weighted by atomic mass is 16.7. The van der Waals surface area contributed by atoms with E-state index in [0.29, 0.717) is 17.9 Å². The Morgan fingerprint density at radius 3 is 2.33 bits per heavy atom. The summed E-state index contributed by atoms with van der Waals surface area (Å²) in [5.41, 5.74) is 1.05. The summed E-state index contributed by atoms with van der Waals surface area (Å²) >= 11 is 0. The number of amides is 2. The van der Waals surface area contributed by atoms with Gasteiger partial charge in [-0.05, 0) is 32.3 Å². The van der Waals surface area contributed by atoms with Gasteiger partial charge in [0.25, 0.3) is 11.8 Å². The van der Waals surface area contributed by atoms with E-state index >= 15 is 0 Å². The lowest BCUT2D eigenvalue weighted by Gasteiger charge is -2.22. The van der Waals surface area contributed by atoms with Crippen LogP contribution in [0.2, 0.25) is 0 Å². The molecule has 1 aliphatic rings. The van der Waals surface area contributed by atoms with E-state index in [1.54, 1.807) is 6.92 Å². The van der Waals surface area contributed by atoms with E-state index in [2.05, 4.69) is 5.32 Å². The van der Waals surface area contributed by atoms with E-state index in [1.165, 1.54) is 6.92 Å². The molecule has 146 valence electrons. The number of carbonyl (C=O) groups is 4. The van der Waals surface area contributed by atoms with Crippen LogP contribution >= 0.6 is 0 Å². The third kappa shape index (κ3) is 5.89. The molecule has 0 aromatic heterocycles. The van der Waals surface area contributed by atoms with Crippen LogP contribution in [-0.4, -0.2) is 47.5 Å². The number of hydrogen-bond donors (Lipinski definition) is 1. The molecule has 1 N–H and O–H groups in total. The van der Waals surface area contributed by atoms with E-state index in [4.69, 9.17) is 9.57 Å². The van der Waals surface area contributed by atoms with Crippen LogP contribution in [0.4, 0.5) is 0 Å². The Hall–Kier alpha value is -2.74. The largest absolute Gasteiger partial charge is 0.465 e. The van der Waals surface area contributed by atoms with Gasteiger partial charge in [-0.15, -0.1) is 5.06 Å². The molecule has 0 radical (unpaired) electrons. The molecule has 1 aromatic rings. The number of nitrogens with one attached hydrogen (secondary N) is 1. The fourth-order valence-electron chi connectivity index (χ4n) is 2.66. The molecule has 0 saturated carbocycles. The SMILES string of the molecule is CCOC(=O)C(CCc1ccccc1)N[C@@H](C)C(=O)ON1C(=O)CCC1=O. The smallest absolute Gasteiger partial charge is 0.349 e. The van der Waals surface area contributed by atoms with Crippen molar-refractivity contribution in [3.63, 3.8) is 0 Å². The second-order valence-corrected chi connectivity index (χ2v) is 6.21. The first-order chi connectivity index (χ1) is 12.9. The Balaban J connectivity index is 1.95. The summed E-state index contributed by atoms with van der Waals surface area (Å²) < 4.78 is 5.07. The predicted molar refractivity (Wildman–Crippen MR) is 95.0 cm³/mol. The Bertz CT molecular complexity index is 675. The molecule has 1 heterocycles. The van der Waals surface area contributed by atoms with Crippen LogP contribution in [0.1, 0.15) is 38.7 Å². The first-order valence-electron chi connectivity index (χ1n) is 8.96. The first-order valence-corrected chi connectivity index (χ1v) is 8.96. The summed E-state index contributed by atoms with van der Waals surface area (Å²) in [7, 11) is 0. The zero-order chi connectivity index (χ0) is 19.8. The molecule has 1 unspecified atom stereocenters. The third-order valence-electron chi connectivity index (χ3n) is 4.13. The Morgan fingerprint density at radius 2 is 1.74 bits per heavy atom. The molecule has 2 atom stereocenters. The van der Waals surface area contributed by atoms with Gasteiger partial charge >= 0.3 is 11.9 Å². The van der Waals surface area contributed by atoms with Gasteiger partial charge in [-0.25, -0.2) is 4.79 Å². The molecule has 0 aliphatic carbocycles. The van der Waals surface area contributed by atoms with Crippen LogP contribution in [0.25, 0.3) is 0 Å². The first kappa shape index (κ1) is 20.6. The number of nitrogens with zero attached hydrogens (tertiary/aromatic N) is 1. The van der Waals surface area contributed by atoms with Gasteiger partial charge in [-0.3, -0.25) is 19.7 Å². The molecule has 0 spiro atoms. The third-order valence-corrected chi connectivity index (χ3v) is 4.13. The van der Waals surface area contributed by atoms with Gasteiger partial charge < -0.3 is 9.57 Å². The zero-order valence-electron chi connectivity index (χ0n) is 15.5. The summed E-state index contributed by atoms with van der Waals surface area (Å²) in [5, 5.41) is 3.37. The van der Waals surface area contributed by atoms with Crippen molar-refractivity contribution in [3.8, 4) is 0 Å². The van der Waals surface area contributed by atoms with Crippen LogP contribution < -0.4 is 5.32 Å². The molecule has 8 nitrogen and oxygen atoms in total. The predicted octanol–water partition coefficient (Wildman–Crippen LogP) is 1.14. The normalized spacial score (nSPS) is 16.1. The fourth-order valence-corrected chi connectivity index (χ4v) is 2.66. The Kier molecular flexibility index (Phi) is 7.48. The van der Waals surface area contributed by atoms with Gasteiger partial charge in [0.15, 0.2) is 0 Å². The van der Waals surface area contributed by atoms with Crippen molar-refractivity contribution in [3.05, 3.63) is 35.9 Å². The minimum atomic E-state index is -0.906. The minimum absolute atomic E-state index is 0.0243. The molecule has 1 saturated heterocycles. The Morgan fingerprint density at radius 1 is 1.11 bits per heavy atom. The van der Waals surface area contributed by atoms with Crippen molar-refractivity contribution in [2.24, 2.45) is 0 Å². The molecule has 2 rings (SSSR count). The number of rotatable bonds is 9. The van der Waals surface area contributed by atoms with Crippen LogP contribution in [0.15, 0.2) is 30.3 Å². The Labute approximate surface area is 157 Å². The standard InChI is InChI=1S/C19H24N2O6/c1-3-26-19(25)15(10-9-14-7-5-4-6-8-14)20-13(2)18(24)27-21-16(22)11-12-17(21)23/h4-8,13,15,20H,3,9-12H2,1-2H3/t13-,15?/m0/s1. The van der Waals surface area contributed by atoms with Gasteiger partial charge in [0.2, 0.25) is 0 Å². The maximum Gasteiger partial charge on any atom is 0.349 e. The van der Waals surface area contributed by atoms with E-state index < -0.39 is 35.8 Å². The number of hydrogen-bond acceptors (Lipinski definition) is 7. The number of imide groups is 1. The highest BCUT2D eigenvalue weighted by molar-refractivity contribution is 6.01. The van der Waals surface area contributed by atoms with Crippen molar-refractivity contribution in [1.82, 2.24) is 10.4 Å². The average molecular weight is 376 g/mol. The van der Waals surface area contributed by atoms with Gasteiger partial charge in [0, 0.05) is 12.8 Å². The van der Waals surface area contributed by atoms with E-state index in [9.17, 15) is 19.2 Å². The lowest BCUT2D eigenvalue weighted by atomic mass is 10.0. The van der Waals surface area contributed by atoms with Crippen molar-refractivity contribution < 1.29 is 28.8 Å². The lowest BCUT2D eigenvalue weighted by molar-refractivity contribution is -0.199. The number of carbonyl (C=O) groups excluding carboxylic acids is 4. The van der Waals surface area contributed by atoms with E-state index in [0.717, 1.165) is 5.56 Å². The van der Waals surface area contributed by atoms with Gasteiger partial charge in [-0.1, -0.05) is 30.3 Å². The maximum absolute atomic E-state index is 12.2. The van der Waals surface area contributed by atoms with Crippen LogP contribution in [0.5, 0.6) is 0 Å². The molecular weight excluding hydrogens is 352 g/mol. The number of aryl methyl sites for hydroxylation is 1. The van der Waals surface area contributed by atoms with Crippen molar-refractivity contribution >= 4 is 23.8 Å². The van der Waals surface area contributed by atoms with Crippen LogP contribution in [-0.2, 0) is 35.2 Å². The molecule has 8 heteroatoms.